The first-order valence-electron chi connectivity index (χ1n) is 14.0. The lowest BCUT2D eigenvalue weighted by Gasteiger charge is -2.51. The second-order valence-corrected chi connectivity index (χ2v) is 11.3. The SMILES string of the molecule is COc1cc(C2CN3C(=O)CN(CCc4ccc(F)cc4)C(=O)C3(C)c3[nH]c4ccccc4c32)ccc1OC(C)C. The molecule has 41 heavy (non-hydrogen) atoms. The number of nitrogens with one attached hydrogen (secondary N) is 1. The maximum atomic E-state index is 14.2. The van der Waals surface area contributed by atoms with Gasteiger partial charge in [0.25, 0.3) is 5.91 Å². The molecule has 2 amide bonds. The average Bonchev–Trinajstić information content (AvgIpc) is 3.36. The summed E-state index contributed by atoms with van der Waals surface area (Å²) in [4.78, 5) is 34.9. The zero-order chi connectivity index (χ0) is 28.9. The summed E-state index contributed by atoms with van der Waals surface area (Å²) in [6.07, 6.45) is 0.524. The van der Waals surface area contributed by atoms with Crippen LogP contribution in [0.2, 0.25) is 0 Å². The number of para-hydroxylation sites is 1. The van der Waals surface area contributed by atoms with Gasteiger partial charge in [-0.15, -0.1) is 0 Å². The smallest absolute Gasteiger partial charge is 0.254 e. The Bertz CT molecular complexity index is 1630. The van der Waals surface area contributed by atoms with E-state index in [0.717, 1.165) is 33.3 Å². The molecule has 1 fully saturated rings. The number of benzene rings is 3. The molecule has 0 spiro atoms. The lowest BCUT2D eigenvalue weighted by molar-refractivity contribution is -0.166. The number of nitrogens with zero attached hydrogens (tertiary/aromatic N) is 2. The predicted molar refractivity (Wildman–Crippen MR) is 155 cm³/mol. The molecule has 0 aliphatic carbocycles. The Hall–Kier alpha value is -4.33. The molecule has 1 saturated heterocycles. The topological polar surface area (TPSA) is 74.9 Å². The van der Waals surface area contributed by atoms with E-state index in [2.05, 4.69) is 11.1 Å². The van der Waals surface area contributed by atoms with Gasteiger partial charge in [0.15, 0.2) is 17.0 Å². The number of hydrogen-bond acceptors (Lipinski definition) is 4. The highest BCUT2D eigenvalue weighted by Crippen LogP contribution is 2.49. The number of methoxy groups -OCH3 is 1. The van der Waals surface area contributed by atoms with E-state index >= 15 is 0 Å². The second-order valence-electron chi connectivity index (χ2n) is 11.3. The highest BCUT2D eigenvalue weighted by atomic mass is 19.1. The van der Waals surface area contributed by atoms with Crippen molar-refractivity contribution in [2.24, 2.45) is 0 Å². The maximum Gasteiger partial charge on any atom is 0.254 e. The zero-order valence-electron chi connectivity index (χ0n) is 23.7. The highest BCUT2D eigenvalue weighted by molar-refractivity contribution is 6.01. The Morgan fingerprint density at radius 2 is 1.80 bits per heavy atom. The first kappa shape index (κ1) is 26.9. The number of carbonyl (C=O) groups is 2. The van der Waals surface area contributed by atoms with Crippen LogP contribution < -0.4 is 9.47 Å². The van der Waals surface area contributed by atoms with Crippen LogP contribution in [-0.4, -0.2) is 59.4 Å². The summed E-state index contributed by atoms with van der Waals surface area (Å²) in [5, 5.41) is 1.03. The number of hydrogen-bond donors (Lipinski definition) is 1. The molecule has 3 aromatic carbocycles. The van der Waals surface area contributed by atoms with E-state index in [1.54, 1.807) is 29.0 Å². The van der Waals surface area contributed by atoms with Gasteiger partial charge in [-0.25, -0.2) is 4.39 Å². The summed E-state index contributed by atoms with van der Waals surface area (Å²) >= 11 is 0. The third-order valence-corrected chi connectivity index (χ3v) is 8.35. The van der Waals surface area contributed by atoms with Crippen LogP contribution in [0.3, 0.4) is 0 Å². The van der Waals surface area contributed by atoms with Crippen molar-refractivity contribution in [3.63, 3.8) is 0 Å². The quantitative estimate of drug-likeness (QED) is 0.333. The fourth-order valence-corrected chi connectivity index (χ4v) is 6.32. The fraction of sp³-hybridized carbons (Fsp3) is 0.333. The third-order valence-electron chi connectivity index (χ3n) is 8.35. The monoisotopic (exact) mass is 555 g/mol. The minimum absolute atomic E-state index is 0.00237. The molecule has 3 heterocycles. The Balaban J connectivity index is 1.42. The van der Waals surface area contributed by atoms with E-state index in [4.69, 9.17) is 9.47 Å². The van der Waals surface area contributed by atoms with Crippen molar-refractivity contribution in [3.8, 4) is 11.5 Å². The molecule has 1 aromatic heterocycles. The Morgan fingerprint density at radius 3 is 2.54 bits per heavy atom. The number of aromatic nitrogens is 1. The summed E-state index contributed by atoms with van der Waals surface area (Å²) in [6, 6.07) is 20.2. The summed E-state index contributed by atoms with van der Waals surface area (Å²) in [5.74, 6) is 0.574. The van der Waals surface area contributed by atoms with Crippen molar-refractivity contribution in [3.05, 3.63) is 94.9 Å². The van der Waals surface area contributed by atoms with Crippen LogP contribution in [0.1, 0.15) is 49.1 Å². The number of H-pyrrole nitrogens is 1. The number of ether oxygens (including phenoxy) is 2. The van der Waals surface area contributed by atoms with Gasteiger partial charge in [0.1, 0.15) is 5.82 Å². The molecule has 2 aliphatic heterocycles. The summed E-state index contributed by atoms with van der Waals surface area (Å²) in [6.45, 7) is 6.51. The number of piperazine rings is 1. The molecule has 2 aliphatic rings. The zero-order valence-corrected chi connectivity index (χ0v) is 23.7. The summed E-state index contributed by atoms with van der Waals surface area (Å²) in [7, 11) is 1.62. The molecule has 2 atom stereocenters. The van der Waals surface area contributed by atoms with Gasteiger partial charge in [-0.2, -0.15) is 0 Å². The molecular weight excluding hydrogens is 521 g/mol. The number of rotatable bonds is 7. The standard InChI is InChI=1S/C33H34FN3O4/c1-20(2)41-27-14-11-22(17-28(27)40-4)25-18-37-29(38)19-36(16-15-21-9-12-23(34)13-10-21)32(39)33(37,3)31-30(25)24-7-5-6-8-26(24)35-31/h5-14,17,20,25,35H,15-16,18-19H2,1-4H3. The van der Waals surface area contributed by atoms with E-state index in [1.165, 1.54) is 12.1 Å². The minimum atomic E-state index is -1.19. The van der Waals surface area contributed by atoms with E-state index in [0.29, 0.717) is 31.0 Å². The Labute approximate surface area is 238 Å². The van der Waals surface area contributed by atoms with Crippen molar-refractivity contribution in [1.29, 1.82) is 0 Å². The second kappa shape index (κ2) is 10.3. The molecule has 1 N–H and O–H groups in total. The van der Waals surface area contributed by atoms with Crippen molar-refractivity contribution >= 4 is 22.7 Å². The van der Waals surface area contributed by atoms with Crippen LogP contribution in [-0.2, 0) is 21.5 Å². The van der Waals surface area contributed by atoms with Gasteiger partial charge in [0.2, 0.25) is 5.91 Å². The molecule has 212 valence electrons. The van der Waals surface area contributed by atoms with E-state index < -0.39 is 5.54 Å². The van der Waals surface area contributed by atoms with Crippen LogP contribution in [0.4, 0.5) is 4.39 Å². The lowest BCUT2D eigenvalue weighted by Crippen LogP contribution is -2.67. The van der Waals surface area contributed by atoms with Gasteiger partial charge in [0, 0.05) is 29.9 Å². The van der Waals surface area contributed by atoms with Crippen LogP contribution in [0, 0.1) is 5.82 Å². The fourth-order valence-electron chi connectivity index (χ4n) is 6.32. The van der Waals surface area contributed by atoms with Gasteiger partial charge in [-0.05, 0) is 74.2 Å². The number of fused-ring (bicyclic) bond motifs is 5. The third kappa shape index (κ3) is 4.51. The van der Waals surface area contributed by atoms with Crippen molar-refractivity contribution in [1.82, 2.24) is 14.8 Å². The molecule has 2 unspecified atom stereocenters. The average molecular weight is 556 g/mol. The van der Waals surface area contributed by atoms with Crippen LogP contribution in [0.25, 0.3) is 10.9 Å². The highest BCUT2D eigenvalue weighted by Gasteiger charge is 2.56. The van der Waals surface area contributed by atoms with Crippen molar-refractivity contribution < 1.29 is 23.5 Å². The molecular formula is C33H34FN3O4. The summed E-state index contributed by atoms with van der Waals surface area (Å²) < 4.78 is 25.0. The first-order valence-corrected chi connectivity index (χ1v) is 14.0. The van der Waals surface area contributed by atoms with E-state index in [1.807, 2.05) is 57.2 Å². The van der Waals surface area contributed by atoms with Gasteiger partial charge < -0.3 is 24.3 Å². The lowest BCUT2D eigenvalue weighted by atomic mass is 9.76. The van der Waals surface area contributed by atoms with Gasteiger partial charge in [-0.3, -0.25) is 9.59 Å². The van der Waals surface area contributed by atoms with E-state index in [-0.39, 0.29) is 36.2 Å². The molecule has 4 aromatic rings. The molecule has 6 rings (SSSR count). The molecule has 0 saturated carbocycles. The van der Waals surface area contributed by atoms with Gasteiger partial charge in [0.05, 0.1) is 25.5 Å². The predicted octanol–water partition coefficient (Wildman–Crippen LogP) is 5.38. The van der Waals surface area contributed by atoms with E-state index in [9.17, 15) is 14.0 Å². The van der Waals surface area contributed by atoms with Crippen molar-refractivity contribution in [2.45, 2.75) is 44.8 Å². The molecule has 8 heteroatoms. The number of halogens is 1. The Kier molecular flexibility index (Phi) is 6.72. The number of carbonyl (C=O) groups excluding carboxylic acids is 2. The van der Waals surface area contributed by atoms with Crippen molar-refractivity contribution in [2.75, 3.05) is 26.7 Å². The normalized spacial score (nSPS) is 20.4. The minimum Gasteiger partial charge on any atom is -0.493 e. The maximum absolute atomic E-state index is 14.2. The Morgan fingerprint density at radius 1 is 1.05 bits per heavy atom. The van der Waals surface area contributed by atoms with Gasteiger partial charge in [-0.1, -0.05) is 36.4 Å². The van der Waals surface area contributed by atoms with Gasteiger partial charge >= 0.3 is 0 Å². The van der Waals surface area contributed by atoms with Crippen LogP contribution in [0.5, 0.6) is 11.5 Å². The molecule has 0 radical (unpaired) electrons. The van der Waals surface area contributed by atoms with Crippen LogP contribution >= 0.6 is 0 Å². The first-order chi connectivity index (χ1) is 19.7. The van der Waals surface area contributed by atoms with Crippen LogP contribution in [0.15, 0.2) is 66.7 Å². The number of aromatic amines is 1. The molecule has 7 nitrogen and oxygen atoms in total. The number of amides is 2. The molecule has 0 bridgehead atoms. The summed E-state index contributed by atoms with van der Waals surface area (Å²) in [5.41, 5.74) is 3.37. The largest absolute Gasteiger partial charge is 0.493 e.